The summed E-state index contributed by atoms with van der Waals surface area (Å²) in [6.45, 7) is 8.82. The normalized spacial score (nSPS) is 12.8. The first kappa shape index (κ1) is 17.3. The monoisotopic (exact) mass is 293 g/mol. The van der Waals surface area contributed by atoms with E-state index >= 15 is 0 Å². The van der Waals surface area contributed by atoms with Crippen LogP contribution >= 0.6 is 0 Å². The maximum Gasteiger partial charge on any atom is 0.407 e. The zero-order valence-electron chi connectivity index (χ0n) is 13.4. The number of anilines is 1. The number of hydrogen-bond donors (Lipinski definition) is 3. The third-order valence-electron chi connectivity index (χ3n) is 3.02. The molecule has 0 saturated carbocycles. The molecule has 0 bridgehead atoms. The lowest BCUT2D eigenvalue weighted by Gasteiger charge is -2.22. The van der Waals surface area contributed by atoms with E-state index in [9.17, 15) is 4.79 Å². The van der Waals surface area contributed by atoms with E-state index in [2.05, 4.69) is 17.6 Å². The Morgan fingerprint density at radius 1 is 1.33 bits per heavy atom. The predicted octanol–water partition coefficient (Wildman–Crippen LogP) is 2.66. The van der Waals surface area contributed by atoms with Crippen molar-refractivity contribution in [1.82, 2.24) is 10.6 Å². The molecule has 0 aromatic heterocycles. The first-order valence-corrected chi connectivity index (χ1v) is 7.35. The summed E-state index contributed by atoms with van der Waals surface area (Å²) in [5.74, 6) is 0. The van der Waals surface area contributed by atoms with Gasteiger partial charge in [-0.15, -0.1) is 0 Å². The third kappa shape index (κ3) is 6.99. The second-order valence-corrected chi connectivity index (χ2v) is 6.07. The number of carbonyl (C=O) groups excluding carboxylic acids is 1. The van der Waals surface area contributed by atoms with Crippen LogP contribution in [-0.4, -0.2) is 24.3 Å². The van der Waals surface area contributed by atoms with Gasteiger partial charge in [-0.3, -0.25) is 0 Å². The molecule has 0 aliphatic rings. The summed E-state index contributed by atoms with van der Waals surface area (Å²) in [6, 6.07) is 7.94. The van der Waals surface area contributed by atoms with Crippen molar-refractivity contribution in [3.63, 3.8) is 0 Å². The third-order valence-corrected chi connectivity index (χ3v) is 3.02. The van der Waals surface area contributed by atoms with Gasteiger partial charge in [-0.05, 0) is 38.8 Å². The Morgan fingerprint density at radius 2 is 2.00 bits per heavy atom. The second-order valence-electron chi connectivity index (χ2n) is 6.07. The van der Waals surface area contributed by atoms with Gasteiger partial charge in [0, 0.05) is 24.8 Å². The smallest absolute Gasteiger partial charge is 0.407 e. The summed E-state index contributed by atoms with van der Waals surface area (Å²) in [6.07, 6.45) is 0.518. The minimum Gasteiger partial charge on any atom is -0.444 e. The van der Waals surface area contributed by atoms with Gasteiger partial charge < -0.3 is 21.1 Å². The molecule has 0 aliphatic heterocycles. The molecule has 0 fully saturated rings. The molecule has 1 unspecified atom stereocenters. The van der Waals surface area contributed by atoms with Gasteiger partial charge in [-0.1, -0.05) is 25.1 Å². The second kappa shape index (κ2) is 7.88. The number of carbonyl (C=O) groups is 1. The molecule has 1 aromatic carbocycles. The summed E-state index contributed by atoms with van der Waals surface area (Å²) in [5.41, 5.74) is 7.28. The average molecular weight is 293 g/mol. The van der Waals surface area contributed by atoms with E-state index in [0.29, 0.717) is 13.1 Å². The average Bonchev–Trinajstić information content (AvgIpc) is 2.38. The van der Waals surface area contributed by atoms with Crippen LogP contribution in [0.1, 0.15) is 39.7 Å². The van der Waals surface area contributed by atoms with E-state index in [0.717, 1.165) is 17.7 Å². The van der Waals surface area contributed by atoms with Gasteiger partial charge in [0.1, 0.15) is 5.60 Å². The Labute approximate surface area is 127 Å². The number of alkyl carbamates (subject to hydrolysis) is 1. The molecule has 118 valence electrons. The molecule has 5 nitrogen and oxygen atoms in total. The Morgan fingerprint density at radius 3 is 2.57 bits per heavy atom. The molecular formula is C16H27N3O2. The molecule has 0 aliphatic carbocycles. The van der Waals surface area contributed by atoms with Crippen molar-refractivity contribution in [2.75, 3.05) is 12.3 Å². The predicted molar refractivity (Wildman–Crippen MR) is 86.0 cm³/mol. The molecular weight excluding hydrogens is 266 g/mol. The maximum atomic E-state index is 11.6. The van der Waals surface area contributed by atoms with Crippen LogP contribution in [0, 0.1) is 0 Å². The molecule has 5 heteroatoms. The number of rotatable bonds is 6. The number of nitrogens with one attached hydrogen (secondary N) is 2. The zero-order chi connectivity index (χ0) is 15.9. The van der Waals surface area contributed by atoms with Gasteiger partial charge in [-0.2, -0.15) is 0 Å². The standard InChI is InChI=1S/C16H27N3O2/c1-5-13(11-19-15(20)21-16(2,3)4)18-10-12-8-6-7-9-14(12)17/h6-9,13,18H,5,10-11,17H2,1-4H3,(H,19,20). The van der Waals surface area contributed by atoms with Crippen LogP contribution in [0.3, 0.4) is 0 Å². The quantitative estimate of drug-likeness (QED) is 0.705. The lowest BCUT2D eigenvalue weighted by Crippen LogP contribution is -2.42. The molecule has 0 heterocycles. The number of hydrogen-bond acceptors (Lipinski definition) is 4. The molecule has 1 atom stereocenters. The minimum absolute atomic E-state index is 0.178. The fourth-order valence-corrected chi connectivity index (χ4v) is 1.83. The topological polar surface area (TPSA) is 76.4 Å². The first-order valence-electron chi connectivity index (χ1n) is 7.35. The number of nitrogen functional groups attached to an aromatic ring is 1. The number of para-hydroxylation sites is 1. The largest absolute Gasteiger partial charge is 0.444 e. The van der Waals surface area contributed by atoms with Crippen LogP contribution in [-0.2, 0) is 11.3 Å². The highest BCUT2D eigenvalue weighted by Crippen LogP contribution is 2.10. The van der Waals surface area contributed by atoms with E-state index < -0.39 is 5.60 Å². The van der Waals surface area contributed by atoms with Crippen molar-refractivity contribution in [3.05, 3.63) is 29.8 Å². The Balaban J connectivity index is 2.39. The zero-order valence-corrected chi connectivity index (χ0v) is 13.4. The lowest BCUT2D eigenvalue weighted by molar-refractivity contribution is 0.0522. The number of benzene rings is 1. The molecule has 0 radical (unpaired) electrons. The molecule has 1 rings (SSSR count). The van der Waals surface area contributed by atoms with Crippen LogP contribution in [0.5, 0.6) is 0 Å². The van der Waals surface area contributed by atoms with Gasteiger partial charge in [0.15, 0.2) is 0 Å². The van der Waals surface area contributed by atoms with E-state index in [-0.39, 0.29) is 12.1 Å². The lowest BCUT2D eigenvalue weighted by atomic mass is 10.1. The van der Waals surface area contributed by atoms with E-state index in [1.54, 1.807) is 0 Å². The number of ether oxygens (including phenoxy) is 1. The minimum atomic E-state index is -0.474. The Hall–Kier alpha value is -1.75. The fraction of sp³-hybridized carbons (Fsp3) is 0.562. The van der Waals surface area contributed by atoms with E-state index in [1.165, 1.54) is 0 Å². The number of amides is 1. The molecule has 1 aromatic rings. The van der Waals surface area contributed by atoms with Crippen molar-refractivity contribution < 1.29 is 9.53 Å². The van der Waals surface area contributed by atoms with Gasteiger partial charge in [0.05, 0.1) is 0 Å². The van der Waals surface area contributed by atoms with Crippen molar-refractivity contribution in [2.24, 2.45) is 0 Å². The summed E-state index contributed by atoms with van der Waals surface area (Å²) in [7, 11) is 0. The highest BCUT2D eigenvalue weighted by molar-refractivity contribution is 5.67. The highest BCUT2D eigenvalue weighted by Gasteiger charge is 2.16. The Kier molecular flexibility index (Phi) is 6.49. The van der Waals surface area contributed by atoms with Gasteiger partial charge in [0.2, 0.25) is 0 Å². The van der Waals surface area contributed by atoms with Crippen LogP contribution < -0.4 is 16.4 Å². The summed E-state index contributed by atoms with van der Waals surface area (Å²) in [5, 5.41) is 6.18. The number of nitrogens with two attached hydrogens (primary N) is 1. The van der Waals surface area contributed by atoms with Gasteiger partial charge >= 0.3 is 6.09 Å². The highest BCUT2D eigenvalue weighted by atomic mass is 16.6. The maximum absolute atomic E-state index is 11.6. The van der Waals surface area contributed by atoms with Crippen LogP contribution in [0.2, 0.25) is 0 Å². The molecule has 0 saturated heterocycles. The molecule has 1 amide bonds. The summed E-state index contributed by atoms with van der Waals surface area (Å²) in [4.78, 5) is 11.6. The SMILES string of the molecule is CCC(CNC(=O)OC(C)(C)C)NCc1ccccc1N. The van der Waals surface area contributed by atoms with Crippen LogP contribution in [0.25, 0.3) is 0 Å². The first-order chi connectivity index (χ1) is 9.81. The van der Waals surface area contributed by atoms with Crippen molar-refractivity contribution >= 4 is 11.8 Å². The van der Waals surface area contributed by atoms with Crippen LogP contribution in [0.4, 0.5) is 10.5 Å². The fourth-order valence-electron chi connectivity index (χ4n) is 1.83. The van der Waals surface area contributed by atoms with Crippen molar-refractivity contribution in [2.45, 2.75) is 52.3 Å². The van der Waals surface area contributed by atoms with Crippen molar-refractivity contribution in [3.8, 4) is 0 Å². The van der Waals surface area contributed by atoms with Crippen molar-refractivity contribution in [1.29, 1.82) is 0 Å². The molecule has 0 spiro atoms. The van der Waals surface area contributed by atoms with E-state index in [1.807, 2.05) is 45.0 Å². The van der Waals surface area contributed by atoms with Gasteiger partial charge in [0.25, 0.3) is 0 Å². The van der Waals surface area contributed by atoms with Crippen LogP contribution in [0.15, 0.2) is 24.3 Å². The van der Waals surface area contributed by atoms with Gasteiger partial charge in [-0.25, -0.2) is 4.79 Å². The molecule has 21 heavy (non-hydrogen) atoms. The van der Waals surface area contributed by atoms with E-state index in [4.69, 9.17) is 10.5 Å². The summed E-state index contributed by atoms with van der Waals surface area (Å²) < 4.78 is 5.22. The molecule has 4 N–H and O–H groups in total. The Bertz CT molecular complexity index is 455. The summed E-state index contributed by atoms with van der Waals surface area (Å²) >= 11 is 0.